The summed E-state index contributed by atoms with van der Waals surface area (Å²) < 4.78 is 1.56. The average molecular weight is 205 g/mol. The van der Waals surface area contributed by atoms with Crippen LogP contribution in [0.25, 0.3) is 5.69 Å². The number of aliphatic hydroxyl groups is 1. The second-order valence-corrected chi connectivity index (χ2v) is 3.10. The van der Waals surface area contributed by atoms with Crippen molar-refractivity contribution < 1.29 is 5.11 Å². The van der Waals surface area contributed by atoms with Gasteiger partial charge in [0.05, 0.1) is 18.0 Å². The summed E-state index contributed by atoms with van der Waals surface area (Å²) in [5, 5.41) is 13.3. The van der Waals surface area contributed by atoms with Gasteiger partial charge in [-0.15, -0.1) is 0 Å². The molecule has 0 aliphatic carbocycles. The number of aromatic nitrogens is 4. The Balaban J connectivity index is 2.52. The fourth-order valence-corrected chi connectivity index (χ4v) is 1.30. The standard InChI is InChI=1S/C9H11N5O/c1-6-11-5-14(13-6)8-2-3-9(10)12-7(8)4-15/h2-3,5,15H,4H2,1H3,(H2,10,12). The van der Waals surface area contributed by atoms with E-state index in [1.165, 1.54) is 0 Å². The third kappa shape index (κ3) is 1.79. The maximum Gasteiger partial charge on any atom is 0.147 e. The molecule has 0 aromatic carbocycles. The van der Waals surface area contributed by atoms with Crippen molar-refractivity contribution in [3.05, 3.63) is 30.0 Å². The highest BCUT2D eigenvalue weighted by Gasteiger charge is 2.07. The summed E-state index contributed by atoms with van der Waals surface area (Å²) in [6.07, 6.45) is 1.57. The van der Waals surface area contributed by atoms with E-state index in [4.69, 9.17) is 10.8 Å². The van der Waals surface area contributed by atoms with Crippen molar-refractivity contribution in [1.82, 2.24) is 19.7 Å². The van der Waals surface area contributed by atoms with Crippen LogP contribution in [0.5, 0.6) is 0 Å². The first-order valence-electron chi connectivity index (χ1n) is 4.45. The van der Waals surface area contributed by atoms with Gasteiger partial charge in [0.15, 0.2) is 0 Å². The third-order valence-corrected chi connectivity index (χ3v) is 1.97. The minimum atomic E-state index is -0.181. The van der Waals surface area contributed by atoms with Gasteiger partial charge in [-0.2, -0.15) is 5.10 Å². The SMILES string of the molecule is Cc1ncn(-c2ccc(N)nc2CO)n1. The van der Waals surface area contributed by atoms with E-state index in [-0.39, 0.29) is 6.61 Å². The quantitative estimate of drug-likeness (QED) is 0.722. The first-order chi connectivity index (χ1) is 7.20. The predicted molar refractivity (Wildman–Crippen MR) is 54.2 cm³/mol. The number of aliphatic hydroxyl groups excluding tert-OH is 1. The number of nitrogen functional groups attached to an aromatic ring is 1. The van der Waals surface area contributed by atoms with Gasteiger partial charge in [-0.25, -0.2) is 14.6 Å². The van der Waals surface area contributed by atoms with Crippen LogP contribution in [0.2, 0.25) is 0 Å². The minimum Gasteiger partial charge on any atom is -0.390 e. The van der Waals surface area contributed by atoms with Crippen LogP contribution in [-0.4, -0.2) is 24.9 Å². The number of hydrogen-bond donors (Lipinski definition) is 2. The lowest BCUT2D eigenvalue weighted by Crippen LogP contribution is -2.05. The Morgan fingerprint density at radius 3 is 2.87 bits per heavy atom. The first-order valence-corrected chi connectivity index (χ1v) is 4.45. The number of pyridine rings is 1. The molecular weight excluding hydrogens is 194 g/mol. The Morgan fingerprint density at radius 2 is 2.27 bits per heavy atom. The zero-order valence-corrected chi connectivity index (χ0v) is 8.25. The number of aryl methyl sites for hydroxylation is 1. The molecule has 3 N–H and O–H groups in total. The molecule has 0 aliphatic heterocycles. The van der Waals surface area contributed by atoms with Gasteiger partial charge in [0.2, 0.25) is 0 Å². The van der Waals surface area contributed by atoms with Gasteiger partial charge in [-0.3, -0.25) is 0 Å². The van der Waals surface area contributed by atoms with Crippen LogP contribution in [0.15, 0.2) is 18.5 Å². The monoisotopic (exact) mass is 205 g/mol. The van der Waals surface area contributed by atoms with E-state index < -0.39 is 0 Å². The van der Waals surface area contributed by atoms with Crippen molar-refractivity contribution in [3.63, 3.8) is 0 Å². The number of nitrogens with two attached hydrogens (primary N) is 1. The van der Waals surface area contributed by atoms with Crippen molar-refractivity contribution in [3.8, 4) is 5.69 Å². The molecule has 0 aliphatic rings. The number of nitrogens with zero attached hydrogens (tertiary/aromatic N) is 4. The van der Waals surface area contributed by atoms with E-state index in [1.807, 2.05) is 0 Å². The smallest absolute Gasteiger partial charge is 0.147 e. The van der Waals surface area contributed by atoms with Gasteiger partial charge >= 0.3 is 0 Å². The third-order valence-electron chi connectivity index (χ3n) is 1.97. The normalized spacial score (nSPS) is 10.5. The van der Waals surface area contributed by atoms with E-state index in [1.54, 1.807) is 30.1 Å². The van der Waals surface area contributed by atoms with Crippen molar-refractivity contribution in [1.29, 1.82) is 0 Å². The lowest BCUT2D eigenvalue weighted by molar-refractivity contribution is 0.276. The molecule has 2 aromatic heterocycles. The molecule has 0 amide bonds. The predicted octanol–water partition coefficient (Wildman–Crippen LogP) is 0.0452. The Morgan fingerprint density at radius 1 is 1.47 bits per heavy atom. The molecule has 2 rings (SSSR count). The van der Waals surface area contributed by atoms with Crippen LogP contribution in [0, 0.1) is 6.92 Å². The van der Waals surface area contributed by atoms with Crippen molar-refractivity contribution in [2.75, 3.05) is 5.73 Å². The van der Waals surface area contributed by atoms with E-state index in [0.717, 1.165) is 0 Å². The summed E-state index contributed by atoms with van der Waals surface area (Å²) in [5.74, 6) is 1.04. The van der Waals surface area contributed by atoms with Gasteiger partial charge in [0.1, 0.15) is 18.0 Å². The highest BCUT2D eigenvalue weighted by atomic mass is 16.3. The Kier molecular flexibility index (Phi) is 2.34. The fraction of sp³-hybridized carbons (Fsp3) is 0.222. The number of hydrogen-bond acceptors (Lipinski definition) is 5. The van der Waals surface area contributed by atoms with Gasteiger partial charge in [-0.05, 0) is 19.1 Å². The second kappa shape index (κ2) is 3.66. The zero-order chi connectivity index (χ0) is 10.8. The highest BCUT2D eigenvalue weighted by Crippen LogP contribution is 2.13. The zero-order valence-electron chi connectivity index (χ0n) is 8.25. The average Bonchev–Trinajstić information content (AvgIpc) is 2.64. The van der Waals surface area contributed by atoms with Gasteiger partial charge < -0.3 is 10.8 Å². The number of anilines is 1. The Hall–Kier alpha value is -1.95. The molecule has 78 valence electrons. The van der Waals surface area contributed by atoms with Crippen LogP contribution in [-0.2, 0) is 6.61 Å². The van der Waals surface area contributed by atoms with E-state index >= 15 is 0 Å². The Labute approximate surface area is 86.4 Å². The minimum absolute atomic E-state index is 0.181. The molecular formula is C9H11N5O. The molecule has 0 fully saturated rings. The van der Waals surface area contributed by atoms with Crippen LogP contribution in [0.4, 0.5) is 5.82 Å². The van der Waals surface area contributed by atoms with Crippen LogP contribution >= 0.6 is 0 Å². The van der Waals surface area contributed by atoms with Crippen molar-refractivity contribution in [2.24, 2.45) is 0 Å². The Bertz CT molecular complexity index is 479. The van der Waals surface area contributed by atoms with E-state index in [9.17, 15) is 0 Å². The summed E-state index contributed by atoms with van der Waals surface area (Å²) >= 11 is 0. The summed E-state index contributed by atoms with van der Waals surface area (Å²) in [5.41, 5.74) is 6.69. The van der Waals surface area contributed by atoms with Crippen LogP contribution < -0.4 is 5.73 Å². The van der Waals surface area contributed by atoms with E-state index in [0.29, 0.717) is 23.0 Å². The number of rotatable bonds is 2. The maximum absolute atomic E-state index is 9.13. The molecule has 2 heterocycles. The van der Waals surface area contributed by atoms with Crippen LogP contribution in [0.3, 0.4) is 0 Å². The molecule has 0 saturated heterocycles. The molecule has 2 aromatic rings. The fourth-order valence-electron chi connectivity index (χ4n) is 1.30. The molecule has 6 heteroatoms. The molecule has 0 saturated carbocycles. The van der Waals surface area contributed by atoms with Crippen molar-refractivity contribution in [2.45, 2.75) is 13.5 Å². The molecule has 6 nitrogen and oxygen atoms in total. The van der Waals surface area contributed by atoms with Gasteiger partial charge in [-0.1, -0.05) is 0 Å². The topological polar surface area (TPSA) is 89.9 Å². The summed E-state index contributed by atoms with van der Waals surface area (Å²) in [6.45, 7) is 1.61. The lowest BCUT2D eigenvalue weighted by Gasteiger charge is -2.06. The van der Waals surface area contributed by atoms with E-state index in [2.05, 4.69) is 15.1 Å². The summed E-state index contributed by atoms with van der Waals surface area (Å²) in [7, 11) is 0. The second-order valence-electron chi connectivity index (χ2n) is 3.10. The van der Waals surface area contributed by atoms with Crippen molar-refractivity contribution >= 4 is 5.82 Å². The lowest BCUT2D eigenvalue weighted by atomic mass is 10.3. The molecule has 15 heavy (non-hydrogen) atoms. The maximum atomic E-state index is 9.13. The highest BCUT2D eigenvalue weighted by molar-refractivity contribution is 5.42. The molecule has 0 unspecified atom stereocenters. The summed E-state index contributed by atoms with van der Waals surface area (Å²) in [6, 6.07) is 3.41. The first kappa shape index (κ1) is 9.60. The molecule has 0 radical (unpaired) electrons. The molecule has 0 atom stereocenters. The van der Waals surface area contributed by atoms with Gasteiger partial charge in [0.25, 0.3) is 0 Å². The van der Waals surface area contributed by atoms with Gasteiger partial charge in [0, 0.05) is 0 Å². The van der Waals surface area contributed by atoms with Crippen LogP contribution in [0.1, 0.15) is 11.5 Å². The molecule has 0 spiro atoms. The largest absolute Gasteiger partial charge is 0.390 e. The summed E-state index contributed by atoms with van der Waals surface area (Å²) in [4.78, 5) is 8.02. The molecule has 0 bridgehead atoms.